The standard InChI is InChI=1S/C16H19N3O3S/c1-10-15(23-18-17-10)16(20)19-7-6-11(9-19)13-8-12(21-2)4-5-14(13)22-3/h4-5,8,11H,6-7,9H2,1-3H3. The first-order valence-corrected chi connectivity index (χ1v) is 8.21. The van der Waals surface area contributed by atoms with Gasteiger partial charge < -0.3 is 14.4 Å². The van der Waals surface area contributed by atoms with Gasteiger partial charge in [0.05, 0.1) is 19.9 Å². The minimum Gasteiger partial charge on any atom is -0.497 e. The number of aryl methyl sites for hydroxylation is 1. The van der Waals surface area contributed by atoms with E-state index >= 15 is 0 Å². The molecule has 7 heteroatoms. The normalized spacial score (nSPS) is 17.3. The van der Waals surface area contributed by atoms with E-state index in [0.29, 0.717) is 17.1 Å². The van der Waals surface area contributed by atoms with Crippen molar-refractivity contribution < 1.29 is 14.3 Å². The van der Waals surface area contributed by atoms with Crippen molar-refractivity contribution in [2.24, 2.45) is 0 Å². The Morgan fingerprint density at radius 2 is 2.17 bits per heavy atom. The van der Waals surface area contributed by atoms with Crippen LogP contribution in [-0.4, -0.2) is 47.7 Å². The molecule has 0 saturated carbocycles. The molecule has 0 N–H and O–H groups in total. The average molecular weight is 333 g/mol. The van der Waals surface area contributed by atoms with Gasteiger partial charge in [-0.05, 0) is 43.1 Å². The van der Waals surface area contributed by atoms with Gasteiger partial charge in [0.15, 0.2) is 0 Å². The van der Waals surface area contributed by atoms with Crippen LogP contribution in [0.3, 0.4) is 0 Å². The highest BCUT2D eigenvalue weighted by Crippen LogP contribution is 2.36. The highest BCUT2D eigenvalue weighted by atomic mass is 32.1. The smallest absolute Gasteiger partial charge is 0.267 e. The fraction of sp³-hybridized carbons (Fsp3) is 0.438. The molecule has 0 aliphatic carbocycles. The Morgan fingerprint density at radius 3 is 2.83 bits per heavy atom. The molecule has 0 bridgehead atoms. The monoisotopic (exact) mass is 333 g/mol. The number of nitrogens with zero attached hydrogens (tertiary/aromatic N) is 3. The predicted octanol–water partition coefficient (Wildman–Crippen LogP) is 2.49. The first kappa shape index (κ1) is 15.7. The molecule has 1 unspecified atom stereocenters. The molecule has 1 aliphatic rings. The number of hydrogen-bond acceptors (Lipinski definition) is 6. The minimum absolute atomic E-state index is 0.0156. The van der Waals surface area contributed by atoms with Crippen LogP contribution in [0.15, 0.2) is 18.2 Å². The summed E-state index contributed by atoms with van der Waals surface area (Å²) in [5.74, 6) is 1.89. The number of methoxy groups -OCH3 is 2. The maximum absolute atomic E-state index is 12.6. The lowest BCUT2D eigenvalue weighted by atomic mass is 9.97. The molecule has 0 spiro atoms. The molecule has 23 heavy (non-hydrogen) atoms. The third kappa shape index (κ3) is 3.01. The van der Waals surface area contributed by atoms with Crippen molar-refractivity contribution in [3.63, 3.8) is 0 Å². The van der Waals surface area contributed by atoms with Crippen LogP contribution in [0.25, 0.3) is 0 Å². The van der Waals surface area contributed by atoms with Gasteiger partial charge in [0, 0.05) is 24.6 Å². The van der Waals surface area contributed by atoms with Gasteiger partial charge in [0.2, 0.25) is 0 Å². The molecular weight excluding hydrogens is 314 g/mol. The minimum atomic E-state index is 0.0156. The molecule has 1 aromatic heterocycles. The zero-order valence-electron chi connectivity index (χ0n) is 13.4. The Hall–Kier alpha value is -2.15. The zero-order chi connectivity index (χ0) is 16.4. The summed E-state index contributed by atoms with van der Waals surface area (Å²) in [6.07, 6.45) is 0.903. The Morgan fingerprint density at radius 1 is 1.35 bits per heavy atom. The topological polar surface area (TPSA) is 64.6 Å². The van der Waals surface area contributed by atoms with Crippen LogP contribution >= 0.6 is 11.5 Å². The second-order valence-electron chi connectivity index (χ2n) is 5.53. The van der Waals surface area contributed by atoms with Gasteiger partial charge in [0.25, 0.3) is 5.91 Å². The quantitative estimate of drug-likeness (QED) is 0.860. The van der Waals surface area contributed by atoms with Gasteiger partial charge in [0.1, 0.15) is 16.4 Å². The molecule has 0 radical (unpaired) electrons. The van der Waals surface area contributed by atoms with Gasteiger partial charge in [-0.3, -0.25) is 4.79 Å². The first-order chi connectivity index (χ1) is 11.1. The van der Waals surface area contributed by atoms with E-state index in [4.69, 9.17) is 9.47 Å². The molecule has 1 aliphatic heterocycles. The molecule has 2 aromatic rings. The molecule has 122 valence electrons. The maximum Gasteiger partial charge on any atom is 0.267 e. The summed E-state index contributed by atoms with van der Waals surface area (Å²) in [5, 5.41) is 3.92. The average Bonchev–Trinajstić information content (AvgIpc) is 3.22. The van der Waals surface area contributed by atoms with Crippen molar-refractivity contribution in [2.75, 3.05) is 27.3 Å². The highest BCUT2D eigenvalue weighted by Gasteiger charge is 2.31. The molecule has 1 amide bonds. The molecule has 1 aromatic carbocycles. The van der Waals surface area contributed by atoms with E-state index in [0.717, 1.165) is 41.6 Å². The Labute approximate surface area is 139 Å². The Bertz CT molecular complexity index is 716. The maximum atomic E-state index is 12.6. The third-order valence-electron chi connectivity index (χ3n) is 4.20. The fourth-order valence-electron chi connectivity index (χ4n) is 2.93. The highest BCUT2D eigenvalue weighted by molar-refractivity contribution is 7.07. The molecule has 6 nitrogen and oxygen atoms in total. The van der Waals surface area contributed by atoms with Gasteiger partial charge in [-0.25, -0.2) is 0 Å². The Kier molecular flexibility index (Phi) is 4.47. The summed E-state index contributed by atoms with van der Waals surface area (Å²) in [7, 11) is 3.31. The summed E-state index contributed by atoms with van der Waals surface area (Å²) in [4.78, 5) is 15.1. The molecular formula is C16H19N3O3S. The van der Waals surface area contributed by atoms with Crippen LogP contribution in [0.5, 0.6) is 11.5 Å². The number of hydrogen-bond donors (Lipinski definition) is 0. The van der Waals surface area contributed by atoms with Crippen molar-refractivity contribution in [2.45, 2.75) is 19.3 Å². The number of benzene rings is 1. The van der Waals surface area contributed by atoms with Gasteiger partial charge in [-0.2, -0.15) is 0 Å². The second-order valence-corrected chi connectivity index (χ2v) is 6.29. The van der Waals surface area contributed by atoms with Gasteiger partial charge >= 0.3 is 0 Å². The molecule has 3 rings (SSSR count). The van der Waals surface area contributed by atoms with Crippen molar-refractivity contribution in [3.8, 4) is 11.5 Å². The lowest BCUT2D eigenvalue weighted by Gasteiger charge is -2.18. The molecule has 2 heterocycles. The lowest BCUT2D eigenvalue weighted by molar-refractivity contribution is 0.0794. The second kappa shape index (κ2) is 6.54. The number of rotatable bonds is 4. The summed E-state index contributed by atoms with van der Waals surface area (Å²) < 4.78 is 14.6. The summed E-state index contributed by atoms with van der Waals surface area (Å²) in [5.41, 5.74) is 1.78. The van der Waals surface area contributed by atoms with Gasteiger partial charge in [-0.15, -0.1) is 5.10 Å². The number of ether oxygens (including phenoxy) is 2. The van der Waals surface area contributed by atoms with E-state index in [2.05, 4.69) is 9.59 Å². The van der Waals surface area contributed by atoms with Crippen LogP contribution in [0.2, 0.25) is 0 Å². The van der Waals surface area contributed by atoms with E-state index in [1.165, 1.54) is 0 Å². The number of aromatic nitrogens is 2. The third-order valence-corrected chi connectivity index (χ3v) is 5.01. The number of carbonyl (C=O) groups is 1. The van der Waals surface area contributed by atoms with E-state index in [-0.39, 0.29) is 11.8 Å². The van der Waals surface area contributed by atoms with E-state index in [9.17, 15) is 4.79 Å². The summed E-state index contributed by atoms with van der Waals surface area (Å²) in [6.45, 7) is 3.20. The number of amides is 1. The summed E-state index contributed by atoms with van der Waals surface area (Å²) in [6, 6.07) is 5.79. The van der Waals surface area contributed by atoms with Crippen molar-refractivity contribution in [1.82, 2.24) is 14.5 Å². The number of carbonyl (C=O) groups excluding carboxylic acids is 1. The molecule has 1 fully saturated rings. The predicted molar refractivity (Wildman–Crippen MR) is 87.5 cm³/mol. The van der Waals surface area contributed by atoms with Crippen LogP contribution in [0.4, 0.5) is 0 Å². The van der Waals surface area contributed by atoms with Crippen molar-refractivity contribution in [1.29, 1.82) is 0 Å². The fourth-order valence-corrected chi connectivity index (χ4v) is 3.55. The van der Waals surface area contributed by atoms with Crippen LogP contribution < -0.4 is 9.47 Å². The zero-order valence-corrected chi connectivity index (χ0v) is 14.2. The van der Waals surface area contributed by atoms with Crippen molar-refractivity contribution in [3.05, 3.63) is 34.3 Å². The van der Waals surface area contributed by atoms with Gasteiger partial charge in [-0.1, -0.05) is 4.49 Å². The first-order valence-electron chi connectivity index (χ1n) is 7.44. The molecule has 1 atom stereocenters. The van der Waals surface area contributed by atoms with Crippen LogP contribution in [0, 0.1) is 6.92 Å². The molecule has 1 saturated heterocycles. The number of likely N-dealkylation sites (tertiary alicyclic amines) is 1. The van der Waals surface area contributed by atoms with Crippen LogP contribution in [-0.2, 0) is 0 Å². The van der Waals surface area contributed by atoms with E-state index < -0.39 is 0 Å². The Balaban J connectivity index is 1.80. The van der Waals surface area contributed by atoms with Crippen LogP contribution in [0.1, 0.15) is 33.3 Å². The summed E-state index contributed by atoms with van der Waals surface area (Å²) >= 11 is 1.16. The van der Waals surface area contributed by atoms with E-state index in [1.807, 2.05) is 30.0 Å². The van der Waals surface area contributed by atoms with Crippen molar-refractivity contribution >= 4 is 17.4 Å². The lowest BCUT2D eigenvalue weighted by Crippen LogP contribution is -2.28. The van der Waals surface area contributed by atoms with E-state index in [1.54, 1.807) is 14.2 Å². The largest absolute Gasteiger partial charge is 0.497 e. The SMILES string of the molecule is COc1ccc(OC)c(C2CCN(C(=O)c3snnc3C)C2)c1.